The Balaban J connectivity index is 1.40. The van der Waals surface area contributed by atoms with E-state index in [0.29, 0.717) is 24.5 Å². The Bertz CT molecular complexity index is 990. The normalized spacial score (nSPS) is 17.6. The molecule has 152 valence electrons. The van der Waals surface area contributed by atoms with Gasteiger partial charge in [-0.25, -0.2) is 4.39 Å². The third-order valence-corrected chi connectivity index (χ3v) is 4.70. The number of ether oxygens (including phenoxy) is 1. The topological polar surface area (TPSA) is 51.4 Å². The number of nitrogens with zero attached hydrogens (tertiary/aromatic N) is 3. The molecule has 0 saturated carbocycles. The molecule has 1 aliphatic rings. The smallest absolute Gasteiger partial charge is 0.420 e. The summed E-state index contributed by atoms with van der Waals surface area (Å²) in [6, 6.07) is 12.1. The van der Waals surface area contributed by atoms with Gasteiger partial charge in [-0.05, 0) is 42.8 Å². The fraction of sp³-hybridized carbons (Fsp3) is 0.300. The largest absolute Gasteiger partial charge is 0.573 e. The third kappa shape index (κ3) is 4.73. The molecule has 0 spiro atoms. The molecule has 1 aliphatic heterocycles. The highest BCUT2D eigenvalue weighted by atomic mass is 19.4. The molecule has 9 heteroatoms. The molecule has 1 saturated heterocycles. The molecule has 1 atom stereocenters. The average molecular weight is 407 g/mol. The van der Waals surface area contributed by atoms with Gasteiger partial charge < -0.3 is 9.15 Å². The zero-order valence-electron chi connectivity index (χ0n) is 15.2. The summed E-state index contributed by atoms with van der Waals surface area (Å²) < 4.78 is 60.7. The van der Waals surface area contributed by atoms with Gasteiger partial charge in [0.2, 0.25) is 5.89 Å². The van der Waals surface area contributed by atoms with Crippen LogP contribution in [0.5, 0.6) is 5.75 Å². The Kier molecular flexibility index (Phi) is 5.23. The van der Waals surface area contributed by atoms with E-state index in [1.54, 1.807) is 24.3 Å². The predicted octanol–water partition coefficient (Wildman–Crippen LogP) is 4.76. The number of hydrogen-bond donors (Lipinski definition) is 0. The summed E-state index contributed by atoms with van der Waals surface area (Å²) in [5.41, 5.74) is 0.965. The van der Waals surface area contributed by atoms with E-state index < -0.39 is 12.2 Å². The van der Waals surface area contributed by atoms with Gasteiger partial charge in [0, 0.05) is 13.1 Å². The van der Waals surface area contributed by atoms with Gasteiger partial charge in [-0.2, -0.15) is 0 Å². The van der Waals surface area contributed by atoms with Crippen LogP contribution in [-0.4, -0.2) is 34.5 Å². The molecule has 29 heavy (non-hydrogen) atoms. The van der Waals surface area contributed by atoms with Crippen LogP contribution in [0.25, 0.3) is 11.5 Å². The first-order valence-electron chi connectivity index (χ1n) is 9.03. The molecule has 3 aromatic rings. The van der Waals surface area contributed by atoms with Crippen molar-refractivity contribution in [1.29, 1.82) is 0 Å². The van der Waals surface area contributed by atoms with Gasteiger partial charge in [0.25, 0.3) is 5.89 Å². The van der Waals surface area contributed by atoms with Crippen molar-refractivity contribution in [1.82, 2.24) is 15.1 Å². The molecule has 2 heterocycles. The highest BCUT2D eigenvalue weighted by Gasteiger charge is 2.31. The summed E-state index contributed by atoms with van der Waals surface area (Å²) in [5, 5.41) is 8.00. The van der Waals surface area contributed by atoms with Gasteiger partial charge in [0.1, 0.15) is 11.6 Å². The van der Waals surface area contributed by atoms with Gasteiger partial charge in [0.15, 0.2) is 0 Å². The lowest BCUT2D eigenvalue weighted by Gasteiger charge is -2.16. The Morgan fingerprint density at radius 3 is 2.72 bits per heavy atom. The van der Waals surface area contributed by atoms with E-state index >= 15 is 0 Å². The van der Waals surface area contributed by atoms with Crippen LogP contribution in [-0.2, 0) is 6.54 Å². The van der Waals surface area contributed by atoms with Crippen molar-refractivity contribution in [3.63, 3.8) is 0 Å². The molecular formula is C20H17F4N3O2. The number of alkyl halides is 3. The Morgan fingerprint density at radius 2 is 1.93 bits per heavy atom. The van der Waals surface area contributed by atoms with Gasteiger partial charge in [-0.15, -0.1) is 23.4 Å². The maximum absolute atomic E-state index is 13.9. The second-order valence-electron chi connectivity index (χ2n) is 6.84. The molecule has 1 aromatic heterocycles. The van der Waals surface area contributed by atoms with Crippen molar-refractivity contribution in [2.45, 2.75) is 25.2 Å². The quantitative estimate of drug-likeness (QED) is 0.571. The highest BCUT2D eigenvalue weighted by molar-refractivity contribution is 5.53. The number of aromatic nitrogens is 2. The van der Waals surface area contributed by atoms with E-state index in [4.69, 9.17) is 4.42 Å². The first-order chi connectivity index (χ1) is 13.9. The summed E-state index contributed by atoms with van der Waals surface area (Å²) >= 11 is 0. The minimum absolute atomic E-state index is 0.0161. The van der Waals surface area contributed by atoms with Crippen molar-refractivity contribution in [3.05, 3.63) is 65.8 Å². The minimum Gasteiger partial charge on any atom is -0.420 e. The van der Waals surface area contributed by atoms with E-state index in [1.807, 2.05) is 0 Å². The van der Waals surface area contributed by atoms with Crippen LogP contribution in [0.1, 0.15) is 23.8 Å². The second kappa shape index (κ2) is 7.82. The lowest BCUT2D eigenvalue weighted by atomic mass is 10.1. The van der Waals surface area contributed by atoms with Crippen LogP contribution in [0, 0.1) is 5.82 Å². The zero-order valence-corrected chi connectivity index (χ0v) is 15.2. The van der Waals surface area contributed by atoms with Crippen LogP contribution in [0.3, 0.4) is 0 Å². The molecule has 0 amide bonds. The fourth-order valence-corrected chi connectivity index (χ4v) is 3.42. The third-order valence-electron chi connectivity index (χ3n) is 4.70. The number of hydrogen-bond acceptors (Lipinski definition) is 5. The van der Waals surface area contributed by atoms with E-state index in [-0.39, 0.29) is 23.1 Å². The maximum Gasteiger partial charge on any atom is 0.573 e. The molecule has 0 radical (unpaired) electrons. The summed E-state index contributed by atoms with van der Waals surface area (Å²) in [6.07, 6.45) is -3.96. The van der Waals surface area contributed by atoms with Crippen LogP contribution in [0.15, 0.2) is 52.9 Å². The van der Waals surface area contributed by atoms with Crippen LogP contribution < -0.4 is 4.74 Å². The monoisotopic (exact) mass is 407 g/mol. The maximum atomic E-state index is 13.9. The Labute approximate surface area is 163 Å². The molecule has 1 fully saturated rings. The molecule has 2 aromatic carbocycles. The van der Waals surface area contributed by atoms with Crippen molar-refractivity contribution < 1.29 is 26.7 Å². The standard InChI is InChI=1S/C20H17F4N3O2/c21-17-7-2-1-6-16(17)19-26-25-18(28-19)14-8-9-27(12-14)11-13-4-3-5-15(10-13)29-20(22,23)24/h1-7,10,14H,8-9,11-12H2/t14-/m0/s1. The Hall–Kier alpha value is -2.94. The van der Waals surface area contributed by atoms with E-state index in [0.717, 1.165) is 13.0 Å². The first-order valence-corrected chi connectivity index (χ1v) is 9.03. The van der Waals surface area contributed by atoms with E-state index in [2.05, 4.69) is 19.8 Å². The van der Waals surface area contributed by atoms with Gasteiger partial charge in [-0.1, -0.05) is 24.3 Å². The summed E-state index contributed by atoms with van der Waals surface area (Å²) in [7, 11) is 0. The zero-order chi connectivity index (χ0) is 20.4. The molecule has 0 unspecified atom stereocenters. The van der Waals surface area contributed by atoms with Gasteiger partial charge >= 0.3 is 6.36 Å². The summed E-state index contributed by atoms with van der Waals surface area (Å²) in [6.45, 7) is 1.82. The van der Waals surface area contributed by atoms with Crippen LogP contribution in [0.4, 0.5) is 17.6 Å². The lowest BCUT2D eigenvalue weighted by Crippen LogP contribution is -2.20. The molecule has 4 rings (SSSR count). The van der Waals surface area contributed by atoms with Crippen molar-refractivity contribution in [3.8, 4) is 17.2 Å². The van der Waals surface area contributed by atoms with E-state index in [1.165, 1.54) is 24.3 Å². The van der Waals surface area contributed by atoms with Crippen LogP contribution >= 0.6 is 0 Å². The summed E-state index contributed by atoms with van der Waals surface area (Å²) in [5.74, 6) is -0.125. The predicted molar refractivity (Wildman–Crippen MR) is 95.5 cm³/mol. The van der Waals surface area contributed by atoms with Crippen molar-refractivity contribution in [2.24, 2.45) is 0 Å². The SMILES string of the molecule is Fc1ccccc1-c1nnc([C@H]2CCN(Cc3cccc(OC(F)(F)F)c3)C2)o1. The number of likely N-dealkylation sites (tertiary alicyclic amines) is 1. The highest BCUT2D eigenvalue weighted by Crippen LogP contribution is 2.31. The van der Waals surface area contributed by atoms with Gasteiger partial charge in [0.05, 0.1) is 11.5 Å². The molecular weight excluding hydrogens is 390 g/mol. The average Bonchev–Trinajstić information content (AvgIpc) is 3.30. The van der Waals surface area contributed by atoms with Crippen molar-refractivity contribution >= 4 is 0 Å². The molecule has 0 bridgehead atoms. The van der Waals surface area contributed by atoms with E-state index in [9.17, 15) is 17.6 Å². The molecule has 0 N–H and O–H groups in total. The second-order valence-corrected chi connectivity index (χ2v) is 6.84. The number of benzene rings is 2. The van der Waals surface area contributed by atoms with Crippen LogP contribution in [0.2, 0.25) is 0 Å². The lowest BCUT2D eigenvalue weighted by molar-refractivity contribution is -0.274. The summed E-state index contributed by atoms with van der Waals surface area (Å²) in [4.78, 5) is 2.09. The molecule has 0 aliphatic carbocycles. The van der Waals surface area contributed by atoms with Gasteiger partial charge in [-0.3, -0.25) is 4.90 Å². The van der Waals surface area contributed by atoms with Crippen molar-refractivity contribution in [2.75, 3.05) is 13.1 Å². The fourth-order valence-electron chi connectivity index (χ4n) is 3.42. The molecule has 5 nitrogen and oxygen atoms in total. The minimum atomic E-state index is -4.72. The first kappa shape index (κ1) is 19.4. The Morgan fingerprint density at radius 1 is 1.10 bits per heavy atom. The number of rotatable bonds is 5. The number of halogens is 4.